The van der Waals surface area contributed by atoms with Gasteiger partial charge in [-0.15, -0.1) is 0 Å². The van der Waals surface area contributed by atoms with Gasteiger partial charge in [0, 0.05) is 17.9 Å². The van der Waals surface area contributed by atoms with E-state index >= 15 is 0 Å². The van der Waals surface area contributed by atoms with Gasteiger partial charge in [-0.05, 0) is 111 Å². The number of ether oxygens (including phenoxy) is 3. The van der Waals surface area contributed by atoms with Crippen LogP contribution in [0.2, 0.25) is 0 Å². The maximum atomic E-state index is 12.4. The minimum Gasteiger partial charge on any atom is -0.458 e. The summed E-state index contributed by atoms with van der Waals surface area (Å²) < 4.78 is 18.1. The zero-order valence-corrected chi connectivity index (χ0v) is 24.0. The van der Waals surface area contributed by atoms with Gasteiger partial charge in [0.2, 0.25) is 0 Å². The average molecular weight is 531 g/mol. The Balaban J connectivity index is 1.12. The number of rotatable bonds is 5. The largest absolute Gasteiger partial charge is 0.458 e. The summed E-state index contributed by atoms with van der Waals surface area (Å²) >= 11 is 0. The van der Waals surface area contributed by atoms with Crippen LogP contribution in [0.3, 0.4) is 0 Å². The van der Waals surface area contributed by atoms with Crippen LogP contribution in [0.15, 0.2) is 11.6 Å². The van der Waals surface area contributed by atoms with Gasteiger partial charge in [0.25, 0.3) is 0 Å². The van der Waals surface area contributed by atoms with E-state index in [2.05, 4.69) is 27.7 Å². The molecule has 5 fully saturated rings. The number of aliphatic hydroxyl groups is 2. The number of esters is 1. The number of fused-ring (bicyclic) bond motifs is 5. The van der Waals surface area contributed by atoms with Crippen molar-refractivity contribution in [1.82, 2.24) is 0 Å². The number of hydrogen-bond donors (Lipinski definition) is 2. The van der Waals surface area contributed by atoms with Crippen LogP contribution in [0.25, 0.3) is 0 Å². The molecule has 6 rings (SSSR count). The van der Waals surface area contributed by atoms with Crippen molar-refractivity contribution in [3.05, 3.63) is 11.6 Å². The number of aliphatic hydroxyl groups excluding tert-OH is 1. The predicted molar refractivity (Wildman–Crippen MR) is 144 cm³/mol. The molecule has 0 bridgehead atoms. The summed E-state index contributed by atoms with van der Waals surface area (Å²) in [6.45, 7) is 9.58. The van der Waals surface area contributed by atoms with E-state index < -0.39 is 5.60 Å². The number of carbonyl (C=O) groups is 1. The first-order chi connectivity index (χ1) is 18.0. The van der Waals surface area contributed by atoms with Crippen molar-refractivity contribution in [2.75, 3.05) is 6.61 Å². The van der Waals surface area contributed by atoms with Gasteiger partial charge >= 0.3 is 5.97 Å². The lowest BCUT2D eigenvalue weighted by molar-refractivity contribution is -0.257. The van der Waals surface area contributed by atoms with Crippen LogP contribution < -0.4 is 0 Å². The minimum absolute atomic E-state index is 0.116. The van der Waals surface area contributed by atoms with Crippen LogP contribution >= 0.6 is 0 Å². The molecule has 38 heavy (non-hydrogen) atoms. The van der Waals surface area contributed by atoms with Crippen molar-refractivity contribution in [2.45, 2.75) is 135 Å². The number of cyclic esters (lactones) is 1. The van der Waals surface area contributed by atoms with E-state index in [-0.39, 0.29) is 47.3 Å². The molecular weight excluding hydrogens is 480 g/mol. The van der Waals surface area contributed by atoms with E-state index in [4.69, 9.17) is 14.2 Å². The molecule has 6 aliphatic rings. The van der Waals surface area contributed by atoms with Crippen LogP contribution in [0.1, 0.15) is 105 Å². The molecule has 0 spiro atoms. The maximum absolute atomic E-state index is 12.4. The monoisotopic (exact) mass is 530 g/mol. The van der Waals surface area contributed by atoms with E-state index in [9.17, 15) is 15.0 Å². The molecule has 0 amide bonds. The zero-order chi connectivity index (χ0) is 26.9. The van der Waals surface area contributed by atoms with Crippen molar-refractivity contribution >= 4 is 5.97 Å². The van der Waals surface area contributed by atoms with Crippen molar-refractivity contribution in [3.63, 3.8) is 0 Å². The smallest absolute Gasteiger partial charge is 0.331 e. The molecular formula is C32H50O6. The summed E-state index contributed by atoms with van der Waals surface area (Å²) in [5, 5.41) is 22.8. The molecule has 4 aliphatic carbocycles. The Kier molecular flexibility index (Phi) is 7.06. The molecule has 2 aliphatic heterocycles. The molecule has 6 nitrogen and oxygen atoms in total. The number of carbonyl (C=O) groups excluding carboxylic acids is 1. The first-order valence-corrected chi connectivity index (χ1v) is 15.6. The highest BCUT2D eigenvalue weighted by molar-refractivity contribution is 5.85. The lowest BCUT2D eigenvalue weighted by Gasteiger charge is -2.63. The van der Waals surface area contributed by atoms with Gasteiger partial charge in [-0.1, -0.05) is 27.7 Å². The highest BCUT2D eigenvalue weighted by Gasteiger charge is 2.67. The lowest BCUT2D eigenvalue weighted by Crippen LogP contribution is -2.62. The molecule has 0 aromatic heterocycles. The Bertz CT molecular complexity index is 946. The molecule has 2 heterocycles. The first-order valence-electron chi connectivity index (χ1n) is 15.6. The van der Waals surface area contributed by atoms with E-state index in [1.54, 1.807) is 6.08 Å². The summed E-state index contributed by atoms with van der Waals surface area (Å²) in [5.74, 6) is 2.03. The summed E-state index contributed by atoms with van der Waals surface area (Å²) in [6, 6.07) is 0. The first kappa shape index (κ1) is 27.2. The molecule has 0 radical (unpaired) electrons. The predicted octanol–water partition coefficient (Wildman–Crippen LogP) is 5.54. The van der Waals surface area contributed by atoms with Gasteiger partial charge in [0.05, 0.1) is 23.9 Å². The van der Waals surface area contributed by atoms with Gasteiger partial charge in [-0.25, -0.2) is 4.79 Å². The average Bonchev–Trinajstić information content (AvgIpc) is 3.41. The molecule has 1 saturated heterocycles. The van der Waals surface area contributed by atoms with Crippen LogP contribution in [0, 0.1) is 40.4 Å². The van der Waals surface area contributed by atoms with Crippen molar-refractivity contribution in [3.8, 4) is 0 Å². The Hall–Kier alpha value is -0.950. The van der Waals surface area contributed by atoms with Crippen LogP contribution in [0.5, 0.6) is 0 Å². The summed E-state index contributed by atoms with van der Waals surface area (Å²) in [4.78, 5) is 11.8. The third kappa shape index (κ3) is 4.31. The van der Waals surface area contributed by atoms with Crippen molar-refractivity contribution < 1.29 is 29.2 Å². The highest BCUT2D eigenvalue weighted by Crippen LogP contribution is 2.70. The van der Waals surface area contributed by atoms with E-state index in [1.807, 2.05) is 0 Å². The Labute approximate surface area is 228 Å². The normalized spacial score (nSPS) is 50.7. The standard InChI is InChI=1S/C32H50O6/c1-19(2)15-27-26(33)7-8-29(38-27)37-22-9-12-30(3)21(17-22)5-6-25-24(30)10-13-31(4)23(11-14-32(25,31)35)20-16-28(34)36-18-20/h16,19,21-27,29,33,35H,5-15,17-18H2,1-4H3/t21-,22+,23-,24+,25-,26-,27+,29-,30+,31-,32+/m1/s1. The van der Waals surface area contributed by atoms with Gasteiger partial charge in [0.1, 0.15) is 6.61 Å². The fraction of sp³-hybridized carbons (Fsp3) is 0.906. The fourth-order valence-electron chi connectivity index (χ4n) is 10.3. The Morgan fingerprint density at radius 2 is 1.84 bits per heavy atom. The Morgan fingerprint density at radius 3 is 2.58 bits per heavy atom. The van der Waals surface area contributed by atoms with Crippen LogP contribution in [0.4, 0.5) is 0 Å². The topological polar surface area (TPSA) is 85.2 Å². The van der Waals surface area contributed by atoms with Crippen LogP contribution in [-0.4, -0.2) is 53.0 Å². The lowest BCUT2D eigenvalue weighted by atomic mass is 9.43. The molecule has 0 aromatic carbocycles. The van der Waals surface area contributed by atoms with Gasteiger partial charge in [-0.2, -0.15) is 0 Å². The quantitative estimate of drug-likeness (QED) is 0.359. The SMILES string of the molecule is CC(C)C[C@@H]1O[C@@H](O[C@H]2CC[C@@]3(C)[C@H](CC[C@@H]4[C@@H]3CC[C@]3(C)[C@@H](C5=CC(=O)OC5)CC[C@]43O)C2)CC[C@H]1O. The zero-order valence-electron chi connectivity index (χ0n) is 24.0. The molecule has 2 N–H and O–H groups in total. The Morgan fingerprint density at radius 1 is 1.03 bits per heavy atom. The second-order valence-corrected chi connectivity index (χ2v) is 14.7. The second kappa shape index (κ2) is 9.85. The summed E-state index contributed by atoms with van der Waals surface area (Å²) in [6.07, 6.45) is 13.2. The van der Waals surface area contributed by atoms with E-state index in [1.165, 1.54) is 6.42 Å². The molecule has 214 valence electrons. The van der Waals surface area contributed by atoms with Crippen molar-refractivity contribution in [2.24, 2.45) is 40.4 Å². The van der Waals surface area contributed by atoms with Gasteiger partial charge in [-0.3, -0.25) is 0 Å². The highest BCUT2D eigenvalue weighted by atomic mass is 16.7. The second-order valence-electron chi connectivity index (χ2n) is 14.7. The van der Waals surface area contributed by atoms with Gasteiger partial charge < -0.3 is 24.4 Å². The molecule has 11 atom stereocenters. The molecule has 4 saturated carbocycles. The number of hydrogen-bond acceptors (Lipinski definition) is 6. The summed E-state index contributed by atoms with van der Waals surface area (Å²) in [7, 11) is 0. The van der Waals surface area contributed by atoms with E-state index in [0.29, 0.717) is 30.3 Å². The molecule has 6 heteroatoms. The van der Waals surface area contributed by atoms with E-state index in [0.717, 1.165) is 76.2 Å². The molecule has 0 unspecified atom stereocenters. The molecule has 0 aromatic rings. The van der Waals surface area contributed by atoms with Crippen LogP contribution in [-0.2, 0) is 19.0 Å². The maximum Gasteiger partial charge on any atom is 0.331 e. The fourth-order valence-corrected chi connectivity index (χ4v) is 10.3. The van der Waals surface area contributed by atoms with Crippen molar-refractivity contribution in [1.29, 1.82) is 0 Å². The summed E-state index contributed by atoms with van der Waals surface area (Å²) in [5.41, 5.74) is 0.522. The van der Waals surface area contributed by atoms with Gasteiger partial charge in [0.15, 0.2) is 6.29 Å². The minimum atomic E-state index is -0.656. The third-order valence-corrected chi connectivity index (χ3v) is 12.4. The third-order valence-electron chi connectivity index (χ3n) is 12.4.